The molecule has 1 aromatic rings. The molecular formula is C26H33Cl2PTi. The molecule has 0 N–H and O–H groups in total. The Morgan fingerprint density at radius 1 is 0.800 bits per heavy atom. The van der Waals surface area contributed by atoms with Crippen molar-refractivity contribution in [3.05, 3.63) is 62.8 Å². The minimum Gasteiger partial charge on any atom is -1.00 e. The third-order valence-corrected chi connectivity index (χ3v) is 13.8. The molecule has 0 saturated heterocycles. The van der Waals surface area contributed by atoms with E-state index in [1.807, 2.05) is 5.31 Å². The van der Waals surface area contributed by atoms with Gasteiger partial charge >= 0.3 is 182 Å². The zero-order chi connectivity index (χ0) is 18.8. The van der Waals surface area contributed by atoms with Gasteiger partial charge in [0, 0.05) is 0 Å². The van der Waals surface area contributed by atoms with Crippen LogP contribution in [0.1, 0.15) is 86.0 Å². The Morgan fingerprint density at radius 3 is 2.03 bits per heavy atom. The summed E-state index contributed by atoms with van der Waals surface area (Å²) in [6.45, 7) is 0. The molecule has 0 aromatic heterocycles. The average Bonchev–Trinajstić information content (AvgIpc) is 3.39. The quantitative estimate of drug-likeness (QED) is 0.434. The third kappa shape index (κ3) is 5.38. The van der Waals surface area contributed by atoms with Crippen LogP contribution in [0.25, 0.3) is 6.08 Å². The molecule has 4 aliphatic rings. The van der Waals surface area contributed by atoms with Crippen molar-refractivity contribution >= 4 is 14.0 Å². The van der Waals surface area contributed by atoms with Gasteiger partial charge in [0.1, 0.15) is 0 Å². The van der Waals surface area contributed by atoms with Gasteiger partial charge in [0.2, 0.25) is 0 Å². The van der Waals surface area contributed by atoms with Gasteiger partial charge < -0.3 is 24.8 Å². The molecule has 1 unspecified atom stereocenters. The molecule has 4 heteroatoms. The smallest absolute Gasteiger partial charge is 1.00 e. The summed E-state index contributed by atoms with van der Waals surface area (Å²) in [6.07, 6.45) is 26.1. The van der Waals surface area contributed by atoms with E-state index in [4.69, 9.17) is 0 Å². The predicted molar refractivity (Wildman–Crippen MR) is 120 cm³/mol. The third-order valence-electron chi connectivity index (χ3n) is 7.24. The van der Waals surface area contributed by atoms with Crippen LogP contribution in [0, 0.1) is 0 Å². The summed E-state index contributed by atoms with van der Waals surface area (Å²) in [5.41, 5.74) is 5.30. The van der Waals surface area contributed by atoms with Gasteiger partial charge in [0.25, 0.3) is 0 Å². The molecular weight excluding hydrogens is 462 g/mol. The standard InChI is InChI=1S/C21H28P.C5H5.2ClH.Ti/c1-3-11-19(12-4-1)22(20-13-5-2-6-14-20)21-15-17-9-7-8-10-18(17)16-21;1-2-4-5-3-1;;;/h7-10,15-16,19-20H,1-6,11-14H2;1-3H,4H2;2*1H;/q;;;;+2/p-2. The topological polar surface area (TPSA) is 0 Å². The second kappa shape index (κ2) is 11.9. The van der Waals surface area contributed by atoms with Gasteiger partial charge in [-0.2, -0.15) is 0 Å². The predicted octanol–water partition coefficient (Wildman–Crippen LogP) is 2.16. The maximum atomic E-state index is 2.71. The maximum absolute atomic E-state index is 2.71. The van der Waals surface area contributed by atoms with Crippen molar-refractivity contribution < 1.29 is 44.0 Å². The SMILES string of the molecule is C1=CC[C]([Ti+2][CH]2C(P(C3CCCCC3)C3CCCCC3)=Cc3ccccc32)=C1.[Cl-].[Cl-]. The van der Waals surface area contributed by atoms with Crippen molar-refractivity contribution in [3.63, 3.8) is 0 Å². The van der Waals surface area contributed by atoms with E-state index in [1.54, 1.807) is 15.0 Å². The second-order valence-corrected chi connectivity index (χ2v) is 14.2. The van der Waals surface area contributed by atoms with Gasteiger partial charge in [0.15, 0.2) is 0 Å². The first-order valence-electron chi connectivity index (χ1n) is 11.6. The number of hydrogen-bond donors (Lipinski definition) is 0. The summed E-state index contributed by atoms with van der Waals surface area (Å²) in [5, 5.41) is 1.95. The van der Waals surface area contributed by atoms with Crippen LogP contribution >= 0.6 is 7.92 Å². The minimum atomic E-state index is -0.108. The average molecular weight is 495 g/mol. The summed E-state index contributed by atoms with van der Waals surface area (Å²) < 4.78 is 2.56. The van der Waals surface area contributed by atoms with E-state index in [0.717, 1.165) is 15.5 Å². The molecule has 1 atom stereocenters. The van der Waals surface area contributed by atoms with E-state index in [2.05, 4.69) is 48.6 Å². The fourth-order valence-corrected chi connectivity index (χ4v) is 13.1. The van der Waals surface area contributed by atoms with Crippen LogP contribution in [-0.2, 0) is 19.2 Å². The number of allylic oxidation sites excluding steroid dienone is 5. The molecule has 160 valence electrons. The van der Waals surface area contributed by atoms with Gasteiger partial charge in [-0.3, -0.25) is 0 Å². The number of rotatable bonds is 5. The Morgan fingerprint density at radius 2 is 1.43 bits per heavy atom. The largest absolute Gasteiger partial charge is 1.00 e. The fourth-order valence-electron chi connectivity index (χ4n) is 5.86. The first kappa shape index (κ1) is 24.8. The van der Waals surface area contributed by atoms with Gasteiger partial charge in [-0.15, -0.1) is 0 Å². The summed E-state index contributed by atoms with van der Waals surface area (Å²) >= 11 is -0.108. The number of fused-ring (bicyclic) bond motifs is 1. The first-order valence-corrected chi connectivity index (χ1v) is 14.8. The summed E-state index contributed by atoms with van der Waals surface area (Å²) in [6, 6.07) is 9.41. The molecule has 1 aromatic carbocycles. The van der Waals surface area contributed by atoms with Crippen LogP contribution in [0.2, 0.25) is 0 Å². The number of hydrogen-bond acceptors (Lipinski definition) is 0. The summed E-state index contributed by atoms with van der Waals surface area (Å²) in [7, 11) is 0.0407. The molecule has 0 spiro atoms. The first-order chi connectivity index (χ1) is 13.9. The fraction of sp³-hybridized carbons (Fsp3) is 0.538. The molecule has 4 aliphatic carbocycles. The number of benzene rings is 1. The van der Waals surface area contributed by atoms with E-state index in [0.29, 0.717) is 0 Å². The van der Waals surface area contributed by atoms with E-state index in [1.165, 1.54) is 70.6 Å². The summed E-state index contributed by atoms with van der Waals surface area (Å²) in [4.78, 5) is 0. The molecule has 0 nitrogen and oxygen atoms in total. The van der Waals surface area contributed by atoms with E-state index in [9.17, 15) is 0 Å². The Kier molecular flexibility index (Phi) is 9.80. The zero-order valence-electron chi connectivity index (χ0n) is 17.8. The molecule has 0 amide bonds. The molecule has 30 heavy (non-hydrogen) atoms. The van der Waals surface area contributed by atoms with Crippen molar-refractivity contribution in [3.8, 4) is 0 Å². The molecule has 0 heterocycles. The summed E-state index contributed by atoms with van der Waals surface area (Å²) in [5.74, 6) is 0. The molecule has 2 saturated carbocycles. The minimum absolute atomic E-state index is 0. The van der Waals surface area contributed by atoms with Crippen molar-refractivity contribution in [2.24, 2.45) is 0 Å². The molecule has 2 fully saturated rings. The van der Waals surface area contributed by atoms with Gasteiger partial charge in [-0.25, -0.2) is 0 Å². The second-order valence-electron chi connectivity index (χ2n) is 9.09. The Labute approximate surface area is 205 Å². The van der Waals surface area contributed by atoms with Gasteiger partial charge in [-0.05, 0) is 0 Å². The zero-order valence-corrected chi connectivity index (χ0v) is 21.8. The van der Waals surface area contributed by atoms with Crippen LogP contribution in [0.4, 0.5) is 0 Å². The molecule has 0 aliphatic heterocycles. The molecule has 0 bridgehead atoms. The Balaban J connectivity index is 0.00000128. The van der Waals surface area contributed by atoms with Crippen molar-refractivity contribution in [1.29, 1.82) is 0 Å². The van der Waals surface area contributed by atoms with E-state index in [-0.39, 0.29) is 51.9 Å². The maximum Gasteiger partial charge on any atom is -1.00 e. The van der Waals surface area contributed by atoms with Crippen LogP contribution in [0.3, 0.4) is 0 Å². The van der Waals surface area contributed by atoms with E-state index < -0.39 is 0 Å². The Bertz CT molecular complexity index is 770. The Hall–Kier alpha value is 0.164. The van der Waals surface area contributed by atoms with Crippen molar-refractivity contribution in [2.75, 3.05) is 0 Å². The number of halogens is 2. The molecule has 5 rings (SSSR count). The van der Waals surface area contributed by atoms with Crippen molar-refractivity contribution in [2.45, 2.75) is 86.2 Å². The van der Waals surface area contributed by atoms with Crippen LogP contribution in [0.5, 0.6) is 0 Å². The molecule has 0 radical (unpaired) electrons. The van der Waals surface area contributed by atoms with Gasteiger partial charge in [0.05, 0.1) is 0 Å². The van der Waals surface area contributed by atoms with Crippen LogP contribution in [-0.4, -0.2) is 11.3 Å². The normalized spacial score (nSPS) is 23.8. The van der Waals surface area contributed by atoms with Crippen molar-refractivity contribution in [1.82, 2.24) is 0 Å². The van der Waals surface area contributed by atoms with E-state index >= 15 is 0 Å². The van der Waals surface area contributed by atoms with Crippen LogP contribution < -0.4 is 24.8 Å². The van der Waals surface area contributed by atoms with Gasteiger partial charge in [-0.1, -0.05) is 0 Å². The van der Waals surface area contributed by atoms with Crippen LogP contribution in [0.15, 0.2) is 51.7 Å². The monoisotopic (exact) mass is 494 g/mol.